The average molecular weight is 376 g/mol. The van der Waals surface area contributed by atoms with Gasteiger partial charge in [0.2, 0.25) is 0 Å². The Morgan fingerprint density at radius 2 is 2.04 bits per heavy atom. The van der Waals surface area contributed by atoms with E-state index in [0.29, 0.717) is 0 Å². The van der Waals surface area contributed by atoms with Crippen LogP contribution in [0.15, 0.2) is 12.1 Å². The van der Waals surface area contributed by atoms with E-state index < -0.39 is 34.5 Å². The number of anilines is 1. The maximum atomic E-state index is 11.5. The van der Waals surface area contributed by atoms with E-state index in [1.165, 1.54) is 6.07 Å². The molecule has 2 atom stereocenters. The first-order chi connectivity index (χ1) is 11.4. The summed E-state index contributed by atoms with van der Waals surface area (Å²) >= 11 is 5.80. The van der Waals surface area contributed by atoms with Crippen molar-refractivity contribution in [2.24, 2.45) is 0 Å². The van der Waals surface area contributed by atoms with Crippen LogP contribution in [0.1, 0.15) is 38.9 Å². The van der Waals surface area contributed by atoms with Gasteiger partial charge in [0.25, 0.3) is 5.69 Å². The van der Waals surface area contributed by atoms with Gasteiger partial charge in [-0.1, -0.05) is 11.6 Å². The van der Waals surface area contributed by atoms with Gasteiger partial charge < -0.3 is 26.0 Å². The summed E-state index contributed by atoms with van der Waals surface area (Å²) in [6.45, 7) is 5.15. The van der Waals surface area contributed by atoms with E-state index in [9.17, 15) is 25.1 Å². The Hall–Kier alpha value is -2.10. The van der Waals surface area contributed by atoms with Crippen molar-refractivity contribution < 1.29 is 24.7 Å². The summed E-state index contributed by atoms with van der Waals surface area (Å²) < 4.78 is 5.03. The van der Waals surface area contributed by atoms with E-state index in [4.69, 9.17) is 22.1 Å². The van der Waals surface area contributed by atoms with Crippen molar-refractivity contribution in [3.8, 4) is 0 Å². The molecule has 1 amide bonds. The number of carbonyl (C=O) groups excluding carboxylic acids is 1. The number of nitrogen functional groups attached to an aromatic ring is 1. The summed E-state index contributed by atoms with van der Waals surface area (Å²) in [4.78, 5) is 21.7. The Balaban J connectivity index is 2.73. The summed E-state index contributed by atoms with van der Waals surface area (Å²) in [6.07, 6.45) is -3.51. The van der Waals surface area contributed by atoms with E-state index in [1.54, 1.807) is 20.8 Å². The van der Waals surface area contributed by atoms with Crippen LogP contribution in [0.5, 0.6) is 0 Å². The first kappa shape index (κ1) is 20.9. The number of ether oxygens (including phenoxy) is 1. The summed E-state index contributed by atoms with van der Waals surface area (Å²) in [6, 6.07) is 2.31. The number of aliphatic hydroxyl groups excluding tert-OH is 2. The van der Waals surface area contributed by atoms with Crippen LogP contribution in [0.3, 0.4) is 0 Å². The van der Waals surface area contributed by atoms with Gasteiger partial charge in [-0.2, -0.15) is 0 Å². The van der Waals surface area contributed by atoms with Gasteiger partial charge in [0, 0.05) is 23.2 Å². The Morgan fingerprint density at radius 1 is 1.44 bits per heavy atom. The molecule has 0 aliphatic rings. The van der Waals surface area contributed by atoms with Crippen LogP contribution < -0.4 is 11.1 Å². The Labute approximate surface area is 149 Å². The number of amides is 1. The first-order valence-electron chi connectivity index (χ1n) is 7.48. The molecule has 0 aromatic heterocycles. The molecule has 0 radical (unpaired) electrons. The van der Waals surface area contributed by atoms with E-state index in [2.05, 4.69) is 5.32 Å². The summed E-state index contributed by atoms with van der Waals surface area (Å²) in [5.74, 6) is 0. The highest BCUT2D eigenvalue weighted by atomic mass is 35.5. The standard InChI is InChI=1S/C15H22ClN3O6/c1-15(2,3)25-14(22)18-5-4-11(20)13(21)9-6-8(16)7-10(12(9)17)19(23)24/h6-7,11,13,20-21H,4-5,17H2,1-3H3,(H,18,22). The monoisotopic (exact) mass is 375 g/mol. The highest BCUT2D eigenvalue weighted by Gasteiger charge is 2.26. The second-order valence-corrected chi connectivity index (χ2v) is 6.85. The highest BCUT2D eigenvalue weighted by molar-refractivity contribution is 6.31. The number of nitro groups is 1. The van der Waals surface area contributed by atoms with Crippen LogP contribution in [0, 0.1) is 10.1 Å². The number of carbonyl (C=O) groups is 1. The topological polar surface area (TPSA) is 148 Å². The molecule has 1 aromatic rings. The zero-order valence-electron chi connectivity index (χ0n) is 14.2. The predicted octanol–water partition coefficient (Wildman–Crippen LogP) is 2.14. The molecule has 0 aliphatic heterocycles. The highest BCUT2D eigenvalue weighted by Crippen LogP contribution is 2.34. The smallest absolute Gasteiger partial charge is 0.407 e. The van der Waals surface area contributed by atoms with Crippen LogP contribution in [-0.2, 0) is 4.74 Å². The van der Waals surface area contributed by atoms with Gasteiger partial charge in [-0.3, -0.25) is 10.1 Å². The minimum Gasteiger partial charge on any atom is -0.444 e. The number of hydrogen-bond acceptors (Lipinski definition) is 7. The zero-order chi connectivity index (χ0) is 19.4. The lowest BCUT2D eigenvalue weighted by molar-refractivity contribution is -0.384. The molecule has 2 unspecified atom stereocenters. The lowest BCUT2D eigenvalue weighted by atomic mass is 9.99. The molecule has 0 heterocycles. The van der Waals surface area contributed by atoms with Gasteiger partial charge in [0.1, 0.15) is 17.4 Å². The van der Waals surface area contributed by atoms with E-state index >= 15 is 0 Å². The molecule has 25 heavy (non-hydrogen) atoms. The maximum Gasteiger partial charge on any atom is 0.407 e. The molecule has 0 saturated carbocycles. The summed E-state index contributed by atoms with van der Waals surface area (Å²) in [5, 5.41) is 33.6. The molecule has 1 aromatic carbocycles. The van der Waals surface area contributed by atoms with Gasteiger partial charge in [-0.25, -0.2) is 4.79 Å². The van der Waals surface area contributed by atoms with Crippen LogP contribution in [0.4, 0.5) is 16.2 Å². The fourth-order valence-corrected chi connectivity index (χ4v) is 2.24. The van der Waals surface area contributed by atoms with E-state index in [1.807, 2.05) is 0 Å². The second-order valence-electron chi connectivity index (χ2n) is 6.41. The van der Waals surface area contributed by atoms with Gasteiger partial charge in [-0.15, -0.1) is 0 Å². The minimum atomic E-state index is -1.50. The molecular formula is C15H22ClN3O6. The number of aliphatic hydroxyl groups is 2. The third-order valence-corrected chi connectivity index (χ3v) is 3.36. The fourth-order valence-electron chi connectivity index (χ4n) is 2.02. The van der Waals surface area contributed by atoms with E-state index in [-0.39, 0.29) is 29.2 Å². The second kappa shape index (κ2) is 8.32. The molecule has 0 bridgehead atoms. The maximum absolute atomic E-state index is 11.5. The number of rotatable bonds is 6. The van der Waals surface area contributed by atoms with Crippen LogP contribution >= 0.6 is 11.6 Å². The van der Waals surface area contributed by atoms with Crippen molar-refractivity contribution >= 4 is 29.1 Å². The van der Waals surface area contributed by atoms with Gasteiger partial charge in [0.15, 0.2) is 0 Å². The van der Waals surface area contributed by atoms with Gasteiger partial charge in [0.05, 0.1) is 11.0 Å². The summed E-state index contributed by atoms with van der Waals surface area (Å²) in [7, 11) is 0. The third-order valence-electron chi connectivity index (χ3n) is 3.14. The number of nitrogens with one attached hydrogen (secondary N) is 1. The SMILES string of the molecule is CC(C)(C)OC(=O)NCCC(O)C(O)c1cc(Cl)cc([N+](=O)[O-])c1N. The molecule has 0 aliphatic carbocycles. The fraction of sp³-hybridized carbons (Fsp3) is 0.533. The van der Waals surface area contributed by atoms with Crippen LogP contribution in [-0.4, -0.2) is 39.5 Å². The number of alkyl carbamates (subject to hydrolysis) is 1. The summed E-state index contributed by atoms with van der Waals surface area (Å²) in [5.41, 5.74) is 4.23. The van der Waals surface area contributed by atoms with Crippen molar-refractivity contribution in [3.05, 3.63) is 32.8 Å². The molecular weight excluding hydrogens is 354 g/mol. The molecule has 9 nitrogen and oxygen atoms in total. The Bertz CT molecular complexity index is 647. The Morgan fingerprint density at radius 3 is 2.56 bits per heavy atom. The van der Waals surface area contributed by atoms with Crippen LogP contribution in [0.2, 0.25) is 5.02 Å². The predicted molar refractivity (Wildman–Crippen MR) is 92.3 cm³/mol. The quantitative estimate of drug-likeness (QED) is 0.338. The normalized spacial score (nSPS) is 13.8. The van der Waals surface area contributed by atoms with Crippen molar-refractivity contribution in [1.82, 2.24) is 5.32 Å². The molecule has 140 valence electrons. The number of nitrogens with two attached hydrogens (primary N) is 1. The number of halogens is 1. The number of nitrogens with zero attached hydrogens (tertiary/aromatic N) is 1. The van der Waals surface area contributed by atoms with Crippen LogP contribution in [0.25, 0.3) is 0 Å². The molecule has 0 saturated heterocycles. The van der Waals surface area contributed by atoms with Crippen molar-refractivity contribution in [2.75, 3.05) is 12.3 Å². The molecule has 0 spiro atoms. The van der Waals surface area contributed by atoms with Crippen molar-refractivity contribution in [2.45, 2.75) is 45.0 Å². The van der Waals surface area contributed by atoms with Crippen molar-refractivity contribution in [3.63, 3.8) is 0 Å². The largest absolute Gasteiger partial charge is 0.444 e. The lowest BCUT2D eigenvalue weighted by Crippen LogP contribution is -2.34. The molecule has 1 rings (SSSR count). The zero-order valence-corrected chi connectivity index (χ0v) is 14.9. The minimum absolute atomic E-state index is 0.00836. The number of hydrogen-bond donors (Lipinski definition) is 4. The van der Waals surface area contributed by atoms with E-state index in [0.717, 1.165) is 6.07 Å². The average Bonchev–Trinajstić information content (AvgIpc) is 2.46. The molecule has 0 fully saturated rings. The number of nitro benzene ring substituents is 1. The lowest BCUT2D eigenvalue weighted by Gasteiger charge is -2.22. The first-order valence-corrected chi connectivity index (χ1v) is 7.86. The van der Waals surface area contributed by atoms with Crippen molar-refractivity contribution in [1.29, 1.82) is 0 Å². The molecule has 5 N–H and O–H groups in total. The molecule has 10 heteroatoms. The Kier molecular flexibility index (Phi) is 6.97. The number of benzene rings is 1. The van der Waals surface area contributed by atoms with Gasteiger partial charge >= 0.3 is 6.09 Å². The van der Waals surface area contributed by atoms with Gasteiger partial charge in [-0.05, 0) is 33.3 Å². The third kappa shape index (κ3) is 6.37.